The number of hydrogen-bond acceptors (Lipinski definition) is 6. The third kappa shape index (κ3) is 5.91. The van der Waals surface area contributed by atoms with Gasteiger partial charge in [-0.1, -0.05) is 13.8 Å². The van der Waals surface area contributed by atoms with E-state index in [2.05, 4.69) is 0 Å². The van der Waals surface area contributed by atoms with Crippen LogP contribution in [-0.2, 0) is 0 Å². The molecule has 2 rings (SSSR count). The van der Waals surface area contributed by atoms with Gasteiger partial charge >= 0.3 is 0 Å². The number of aliphatic hydroxyl groups excluding tert-OH is 2. The predicted octanol–water partition coefficient (Wildman–Crippen LogP) is 4.08. The van der Waals surface area contributed by atoms with Crippen LogP contribution in [0.15, 0.2) is 48.5 Å². The van der Waals surface area contributed by atoms with Crippen molar-refractivity contribution in [3.05, 3.63) is 79.9 Å². The number of hydrogen-bond donors (Lipinski definition) is 2. The SMILES string of the molecule is CC.O=[N+]([O-])c1ccc(C(O)CCC(O)c2ccc([N+](=O)[O-])cc2)cc1. The quantitative estimate of drug-likeness (QED) is 0.564. The Bertz CT molecular complexity index is 652. The zero-order chi connectivity index (χ0) is 19.7. The molecule has 0 aliphatic carbocycles. The fourth-order valence-electron chi connectivity index (χ4n) is 2.29. The van der Waals surface area contributed by atoms with Crippen LogP contribution in [0, 0.1) is 20.2 Å². The Morgan fingerprint density at radius 3 is 1.23 bits per heavy atom. The molecule has 0 saturated carbocycles. The molecule has 0 radical (unpaired) electrons. The van der Waals surface area contributed by atoms with Crippen molar-refractivity contribution >= 4 is 11.4 Å². The largest absolute Gasteiger partial charge is 0.388 e. The fourth-order valence-corrected chi connectivity index (χ4v) is 2.29. The molecular formula is C18H22N2O6. The van der Waals surface area contributed by atoms with Crippen LogP contribution >= 0.6 is 0 Å². The van der Waals surface area contributed by atoms with Gasteiger partial charge in [0.05, 0.1) is 22.1 Å². The molecule has 0 aliphatic heterocycles. The highest BCUT2D eigenvalue weighted by Crippen LogP contribution is 2.27. The molecule has 2 atom stereocenters. The summed E-state index contributed by atoms with van der Waals surface area (Å²) in [6.45, 7) is 4.00. The average molecular weight is 362 g/mol. The van der Waals surface area contributed by atoms with E-state index in [1.807, 2.05) is 13.8 Å². The van der Waals surface area contributed by atoms with Crippen LogP contribution in [0.2, 0.25) is 0 Å². The molecule has 2 aromatic rings. The van der Waals surface area contributed by atoms with E-state index in [0.29, 0.717) is 11.1 Å². The molecule has 0 amide bonds. The molecule has 26 heavy (non-hydrogen) atoms. The van der Waals surface area contributed by atoms with Crippen LogP contribution in [0.5, 0.6) is 0 Å². The summed E-state index contributed by atoms with van der Waals surface area (Å²) in [6, 6.07) is 11.1. The Morgan fingerprint density at radius 1 is 0.731 bits per heavy atom. The van der Waals surface area contributed by atoms with Crippen LogP contribution in [0.1, 0.15) is 50.0 Å². The van der Waals surface area contributed by atoms with Crippen molar-refractivity contribution in [1.29, 1.82) is 0 Å². The molecule has 2 N–H and O–H groups in total. The number of non-ortho nitro benzene ring substituents is 2. The third-order valence-electron chi connectivity index (χ3n) is 3.69. The Hall–Kier alpha value is -2.84. The first-order valence-corrected chi connectivity index (χ1v) is 8.23. The number of nitrogens with zero attached hydrogens (tertiary/aromatic N) is 2. The van der Waals surface area contributed by atoms with Crippen LogP contribution in [0.4, 0.5) is 11.4 Å². The van der Waals surface area contributed by atoms with Crippen LogP contribution in [0.3, 0.4) is 0 Å². The maximum atomic E-state index is 10.6. The van der Waals surface area contributed by atoms with Gasteiger partial charge in [0.15, 0.2) is 0 Å². The first kappa shape index (κ1) is 21.2. The summed E-state index contributed by atoms with van der Waals surface area (Å²) >= 11 is 0. The summed E-state index contributed by atoms with van der Waals surface area (Å²) in [5.41, 5.74) is 0.932. The van der Waals surface area contributed by atoms with Gasteiger partial charge in [-0.3, -0.25) is 20.2 Å². The summed E-state index contributed by atoms with van der Waals surface area (Å²) in [4.78, 5) is 20.1. The maximum absolute atomic E-state index is 10.6. The molecule has 0 spiro atoms. The van der Waals surface area contributed by atoms with Crippen LogP contribution in [-0.4, -0.2) is 20.1 Å². The van der Waals surface area contributed by atoms with Crippen molar-refractivity contribution in [3.8, 4) is 0 Å². The topological polar surface area (TPSA) is 127 Å². The van der Waals surface area contributed by atoms with E-state index < -0.39 is 22.1 Å². The zero-order valence-corrected chi connectivity index (χ0v) is 14.6. The summed E-state index contributed by atoms with van der Waals surface area (Å²) in [5, 5.41) is 41.4. The van der Waals surface area contributed by atoms with Gasteiger partial charge in [-0.2, -0.15) is 0 Å². The minimum absolute atomic E-state index is 0.0585. The molecule has 8 heteroatoms. The van der Waals surface area contributed by atoms with E-state index in [4.69, 9.17) is 0 Å². The van der Waals surface area contributed by atoms with Gasteiger partial charge in [0.1, 0.15) is 0 Å². The monoisotopic (exact) mass is 362 g/mol. The first-order chi connectivity index (χ1) is 12.4. The standard InChI is InChI=1S/C16H16N2O6.C2H6/c19-15(11-1-5-13(6-2-11)17(21)22)9-10-16(20)12-3-7-14(8-4-12)18(23)24;1-2/h1-8,15-16,19-20H,9-10H2;1-2H3. The molecule has 0 aromatic heterocycles. The maximum Gasteiger partial charge on any atom is 0.269 e. The second kappa shape index (κ2) is 10.2. The highest BCUT2D eigenvalue weighted by atomic mass is 16.6. The van der Waals surface area contributed by atoms with Crippen molar-refractivity contribution in [2.45, 2.75) is 38.9 Å². The van der Waals surface area contributed by atoms with Crippen LogP contribution in [0.25, 0.3) is 0 Å². The second-order valence-corrected chi connectivity index (χ2v) is 5.31. The molecular weight excluding hydrogens is 340 g/mol. The Kier molecular flexibility index (Phi) is 8.33. The Morgan fingerprint density at radius 2 is 1.00 bits per heavy atom. The van der Waals surface area contributed by atoms with E-state index >= 15 is 0 Å². The predicted molar refractivity (Wildman–Crippen MR) is 96.7 cm³/mol. The summed E-state index contributed by atoms with van der Waals surface area (Å²) in [6.07, 6.45) is -1.23. The molecule has 2 unspecified atom stereocenters. The van der Waals surface area contributed by atoms with E-state index in [1.165, 1.54) is 48.5 Å². The van der Waals surface area contributed by atoms with E-state index in [9.17, 15) is 30.4 Å². The van der Waals surface area contributed by atoms with Crippen molar-refractivity contribution in [2.75, 3.05) is 0 Å². The smallest absolute Gasteiger partial charge is 0.269 e. The molecule has 8 nitrogen and oxygen atoms in total. The molecule has 140 valence electrons. The average Bonchev–Trinajstić information content (AvgIpc) is 2.67. The second-order valence-electron chi connectivity index (χ2n) is 5.31. The van der Waals surface area contributed by atoms with Gasteiger partial charge in [-0.25, -0.2) is 0 Å². The molecule has 0 aliphatic rings. The van der Waals surface area contributed by atoms with Gasteiger partial charge < -0.3 is 10.2 Å². The first-order valence-electron chi connectivity index (χ1n) is 8.23. The van der Waals surface area contributed by atoms with Crippen LogP contribution < -0.4 is 0 Å². The Balaban J connectivity index is 0.00000163. The summed E-state index contributed by atoms with van der Waals surface area (Å²) in [5.74, 6) is 0. The summed E-state index contributed by atoms with van der Waals surface area (Å²) in [7, 11) is 0. The lowest BCUT2D eigenvalue weighted by atomic mass is 9.99. The lowest BCUT2D eigenvalue weighted by Gasteiger charge is -2.15. The molecule has 0 saturated heterocycles. The lowest BCUT2D eigenvalue weighted by Crippen LogP contribution is -2.03. The third-order valence-corrected chi connectivity index (χ3v) is 3.69. The van der Waals surface area contributed by atoms with E-state index in [-0.39, 0.29) is 24.2 Å². The van der Waals surface area contributed by atoms with Crippen molar-refractivity contribution < 1.29 is 20.1 Å². The number of benzene rings is 2. The van der Waals surface area contributed by atoms with Gasteiger partial charge in [0, 0.05) is 24.3 Å². The number of nitro benzene ring substituents is 2. The minimum Gasteiger partial charge on any atom is -0.388 e. The Labute approximate surface area is 151 Å². The highest BCUT2D eigenvalue weighted by molar-refractivity contribution is 5.34. The number of nitro groups is 2. The van der Waals surface area contributed by atoms with Crippen molar-refractivity contribution in [1.82, 2.24) is 0 Å². The van der Waals surface area contributed by atoms with Gasteiger partial charge in [0.25, 0.3) is 11.4 Å². The molecule has 2 aromatic carbocycles. The van der Waals surface area contributed by atoms with Crippen molar-refractivity contribution in [3.63, 3.8) is 0 Å². The number of aliphatic hydroxyl groups is 2. The molecule has 0 fully saturated rings. The fraction of sp³-hybridized carbons (Fsp3) is 0.333. The van der Waals surface area contributed by atoms with Gasteiger partial charge in [-0.05, 0) is 48.2 Å². The zero-order valence-electron chi connectivity index (χ0n) is 14.6. The molecule has 0 bridgehead atoms. The normalized spacial score (nSPS) is 12.5. The lowest BCUT2D eigenvalue weighted by molar-refractivity contribution is -0.385. The highest BCUT2D eigenvalue weighted by Gasteiger charge is 2.15. The van der Waals surface area contributed by atoms with E-state index in [1.54, 1.807) is 0 Å². The van der Waals surface area contributed by atoms with Crippen molar-refractivity contribution in [2.24, 2.45) is 0 Å². The summed E-state index contributed by atoms with van der Waals surface area (Å²) < 4.78 is 0. The van der Waals surface area contributed by atoms with E-state index in [0.717, 1.165) is 0 Å². The molecule has 0 heterocycles. The van der Waals surface area contributed by atoms with Gasteiger partial charge in [0.2, 0.25) is 0 Å². The minimum atomic E-state index is -0.862. The number of rotatable bonds is 7. The van der Waals surface area contributed by atoms with Gasteiger partial charge in [-0.15, -0.1) is 0 Å².